The van der Waals surface area contributed by atoms with Crippen LogP contribution in [-0.4, -0.2) is 43.6 Å². The molecule has 2 atom stereocenters. The molecule has 0 N–H and O–H groups in total. The van der Waals surface area contributed by atoms with Crippen LogP contribution in [0.1, 0.15) is 6.42 Å². The van der Waals surface area contributed by atoms with Crippen molar-refractivity contribution in [2.24, 2.45) is 0 Å². The molecule has 1 rings (SSSR count). The van der Waals surface area contributed by atoms with Crippen molar-refractivity contribution in [2.75, 3.05) is 26.5 Å². The van der Waals surface area contributed by atoms with Crippen LogP contribution in [0.25, 0.3) is 0 Å². The normalized spacial score (nSPS) is 33.0. The van der Waals surface area contributed by atoms with Gasteiger partial charge in [-0.25, -0.2) is 4.39 Å². The summed E-state index contributed by atoms with van der Waals surface area (Å²) in [6.45, 7) is 1.19. The number of rotatable bonds is 3. The summed E-state index contributed by atoms with van der Waals surface area (Å²) in [6, 6.07) is 0.275. The molecule has 1 unspecified atom stereocenters. The maximum atomic E-state index is 12.7. The summed E-state index contributed by atoms with van der Waals surface area (Å²) < 4.78 is 17.9. The lowest BCUT2D eigenvalue weighted by Gasteiger charge is -2.17. The van der Waals surface area contributed by atoms with E-state index in [1.54, 1.807) is 0 Å². The van der Waals surface area contributed by atoms with Gasteiger partial charge in [-0.3, -0.25) is 4.90 Å². The van der Waals surface area contributed by atoms with Gasteiger partial charge in [0.25, 0.3) is 0 Å². The van der Waals surface area contributed by atoms with Crippen molar-refractivity contribution in [3.05, 3.63) is 0 Å². The third-order valence-corrected chi connectivity index (χ3v) is 2.39. The number of hydrogen-bond acceptors (Lipinski definition) is 3. The van der Waals surface area contributed by atoms with Gasteiger partial charge in [-0.1, -0.05) is 0 Å². The van der Waals surface area contributed by atoms with E-state index < -0.39 is 6.17 Å². The van der Waals surface area contributed by atoms with E-state index in [-0.39, 0.29) is 6.04 Å². The molecular weight excluding hydrogens is 165 g/mol. The fraction of sp³-hybridized carbons (Fsp3) is 1.00. The highest BCUT2D eigenvalue weighted by molar-refractivity contribution is 7.93. The van der Waals surface area contributed by atoms with Crippen LogP contribution in [0, 0.1) is 0 Å². The highest BCUT2D eigenvalue weighted by Crippen LogP contribution is 2.19. The van der Waals surface area contributed by atoms with Crippen LogP contribution in [0.5, 0.6) is 0 Å². The van der Waals surface area contributed by atoms with Crippen molar-refractivity contribution in [2.45, 2.75) is 18.6 Å². The van der Waals surface area contributed by atoms with Crippen molar-refractivity contribution in [3.8, 4) is 0 Å². The van der Waals surface area contributed by atoms with E-state index in [0.717, 1.165) is 0 Å². The first-order valence-electron chi connectivity index (χ1n) is 3.74. The fourth-order valence-corrected chi connectivity index (χ4v) is 1.65. The van der Waals surface area contributed by atoms with Crippen LogP contribution in [0.15, 0.2) is 0 Å². The molecule has 1 aliphatic rings. The van der Waals surface area contributed by atoms with Crippen LogP contribution in [-0.2, 0) is 4.18 Å². The Balaban J connectivity index is 2.23. The number of likely N-dealkylation sites (tertiary alicyclic amines) is 1. The van der Waals surface area contributed by atoms with E-state index in [4.69, 9.17) is 4.18 Å². The first-order chi connectivity index (χ1) is 5.24. The van der Waals surface area contributed by atoms with Gasteiger partial charge in [0.15, 0.2) is 0 Å². The minimum atomic E-state index is -0.657. The van der Waals surface area contributed by atoms with Gasteiger partial charge in [0.2, 0.25) is 0 Å². The van der Waals surface area contributed by atoms with Gasteiger partial charge < -0.3 is 4.18 Å². The average Bonchev–Trinajstić information content (AvgIpc) is 2.26. The topological polar surface area (TPSA) is 12.5 Å². The molecule has 66 valence electrons. The molecule has 1 saturated heterocycles. The number of hydrogen-bond donors (Lipinski definition) is 0. The Morgan fingerprint density at radius 2 is 2.45 bits per heavy atom. The third-order valence-electron chi connectivity index (χ3n) is 2.02. The van der Waals surface area contributed by atoms with E-state index in [1.807, 2.05) is 18.2 Å². The van der Waals surface area contributed by atoms with E-state index in [2.05, 4.69) is 0 Å². The number of nitrogens with zero attached hydrogens (tertiary/aromatic N) is 1. The summed E-state index contributed by atoms with van der Waals surface area (Å²) in [5.74, 6) is 0. The minimum absolute atomic E-state index is 0.275. The lowest BCUT2D eigenvalue weighted by molar-refractivity contribution is 0.219. The Morgan fingerprint density at radius 1 is 1.73 bits per heavy atom. The maximum Gasteiger partial charge on any atom is 0.114 e. The van der Waals surface area contributed by atoms with E-state index in [0.29, 0.717) is 19.6 Å². The first kappa shape index (κ1) is 9.29. The van der Waals surface area contributed by atoms with Crippen LogP contribution in [0.2, 0.25) is 0 Å². The van der Waals surface area contributed by atoms with Gasteiger partial charge in [0.1, 0.15) is 6.17 Å². The van der Waals surface area contributed by atoms with Crippen molar-refractivity contribution >= 4 is 12.0 Å². The summed E-state index contributed by atoms with van der Waals surface area (Å²) in [6.07, 6.45) is 1.84. The second-order valence-electron chi connectivity index (χ2n) is 2.88. The van der Waals surface area contributed by atoms with Gasteiger partial charge >= 0.3 is 0 Å². The summed E-state index contributed by atoms with van der Waals surface area (Å²) in [5.41, 5.74) is 0. The molecule has 1 aliphatic heterocycles. The molecule has 0 amide bonds. The standard InChI is InChI=1S/C7H14FNOS/c1-9-4-6(8)3-7(9)5-10-11-2/h6-7H,3-5H2,1-2H3/t6?,7-/m0/s1. The maximum absolute atomic E-state index is 12.7. The van der Waals surface area contributed by atoms with E-state index in [9.17, 15) is 4.39 Å². The molecule has 1 fully saturated rings. The highest BCUT2D eigenvalue weighted by atomic mass is 32.2. The summed E-state index contributed by atoms with van der Waals surface area (Å²) >= 11 is 1.34. The summed E-state index contributed by atoms with van der Waals surface area (Å²) in [5, 5.41) is 0. The lowest BCUT2D eigenvalue weighted by Crippen LogP contribution is -2.28. The van der Waals surface area contributed by atoms with Gasteiger partial charge in [0, 0.05) is 18.8 Å². The number of likely N-dealkylation sites (N-methyl/N-ethyl adjacent to an activating group) is 1. The monoisotopic (exact) mass is 179 g/mol. The molecule has 0 radical (unpaired) electrons. The molecule has 0 spiro atoms. The van der Waals surface area contributed by atoms with E-state index in [1.165, 1.54) is 12.0 Å². The van der Waals surface area contributed by atoms with E-state index >= 15 is 0 Å². The Labute approximate surface area is 71.3 Å². The molecule has 0 bridgehead atoms. The Hall–Kier alpha value is 0.200. The molecule has 0 aromatic rings. The average molecular weight is 179 g/mol. The lowest BCUT2D eigenvalue weighted by atomic mass is 10.2. The Morgan fingerprint density at radius 3 is 2.91 bits per heavy atom. The fourth-order valence-electron chi connectivity index (χ4n) is 1.35. The van der Waals surface area contributed by atoms with Crippen LogP contribution in [0.4, 0.5) is 4.39 Å². The van der Waals surface area contributed by atoms with Gasteiger partial charge in [-0.2, -0.15) is 0 Å². The molecular formula is C7H14FNOS. The second kappa shape index (κ2) is 4.28. The van der Waals surface area contributed by atoms with Crippen molar-refractivity contribution in [3.63, 3.8) is 0 Å². The Kier molecular flexibility index (Phi) is 3.62. The highest BCUT2D eigenvalue weighted by Gasteiger charge is 2.29. The second-order valence-corrected chi connectivity index (χ2v) is 3.45. The van der Waals surface area contributed by atoms with Crippen molar-refractivity contribution in [1.29, 1.82) is 0 Å². The molecule has 1 heterocycles. The van der Waals surface area contributed by atoms with Gasteiger partial charge in [0.05, 0.1) is 6.61 Å². The molecule has 2 nitrogen and oxygen atoms in total. The van der Waals surface area contributed by atoms with Crippen LogP contribution < -0.4 is 0 Å². The molecule has 0 saturated carbocycles. The van der Waals surface area contributed by atoms with Crippen molar-refractivity contribution in [1.82, 2.24) is 4.90 Å². The number of halogens is 1. The zero-order valence-corrected chi connectivity index (χ0v) is 7.73. The zero-order valence-electron chi connectivity index (χ0n) is 6.92. The van der Waals surface area contributed by atoms with Crippen molar-refractivity contribution < 1.29 is 8.57 Å². The van der Waals surface area contributed by atoms with Crippen LogP contribution in [0.3, 0.4) is 0 Å². The van der Waals surface area contributed by atoms with Gasteiger partial charge in [-0.05, 0) is 25.5 Å². The number of alkyl halides is 1. The summed E-state index contributed by atoms with van der Waals surface area (Å²) in [4.78, 5) is 2.01. The first-order valence-corrected chi connectivity index (χ1v) is 4.89. The molecule has 0 aliphatic carbocycles. The molecule has 11 heavy (non-hydrogen) atoms. The predicted molar refractivity (Wildman–Crippen MR) is 45.4 cm³/mol. The van der Waals surface area contributed by atoms with Crippen LogP contribution >= 0.6 is 12.0 Å². The molecule has 4 heteroatoms. The Bertz CT molecular complexity index is 125. The SMILES string of the molecule is CSOC[C@@H]1CC(F)CN1C. The smallest absolute Gasteiger partial charge is 0.114 e. The quantitative estimate of drug-likeness (QED) is 0.606. The molecule has 0 aromatic carbocycles. The van der Waals surface area contributed by atoms with Gasteiger partial charge in [-0.15, -0.1) is 0 Å². The zero-order chi connectivity index (χ0) is 8.27. The minimum Gasteiger partial charge on any atom is -0.314 e. The predicted octanol–water partition coefficient (Wildman–Crippen LogP) is 1.32. The molecule has 0 aromatic heterocycles. The third kappa shape index (κ3) is 2.61. The largest absolute Gasteiger partial charge is 0.314 e. The summed E-state index contributed by atoms with van der Waals surface area (Å²) in [7, 11) is 1.94.